The zero-order chi connectivity index (χ0) is 30.5. The summed E-state index contributed by atoms with van der Waals surface area (Å²) in [6.07, 6.45) is -5.37. The van der Waals surface area contributed by atoms with Gasteiger partial charge in [0.05, 0.1) is 34.3 Å². The number of hydrogen-bond acceptors (Lipinski definition) is 3. The molecule has 1 aliphatic carbocycles. The summed E-state index contributed by atoms with van der Waals surface area (Å²) in [5.41, 5.74) is 1.73. The Bertz CT molecular complexity index is 1850. The van der Waals surface area contributed by atoms with Gasteiger partial charge in [-0.25, -0.2) is 17.6 Å². The van der Waals surface area contributed by atoms with Gasteiger partial charge >= 0.3 is 6.18 Å². The molecule has 0 saturated heterocycles. The van der Waals surface area contributed by atoms with E-state index < -0.39 is 70.6 Å². The summed E-state index contributed by atoms with van der Waals surface area (Å²) in [7, 11) is 1.39. The number of hydrogen-bond donors (Lipinski definition) is 2. The molecule has 6 rings (SSSR count). The highest BCUT2D eigenvalue weighted by Crippen LogP contribution is 2.53. The van der Waals surface area contributed by atoms with E-state index in [1.807, 2.05) is 0 Å². The van der Waals surface area contributed by atoms with E-state index in [-0.39, 0.29) is 56.4 Å². The molecule has 2 atom stereocenters. The maximum absolute atomic E-state index is 15.8. The molecule has 0 bridgehead atoms. The minimum absolute atomic E-state index is 0.00600. The number of aromatic nitrogens is 2. The molecule has 2 amide bonds. The van der Waals surface area contributed by atoms with Crippen LogP contribution in [0.4, 0.5) is 30.7 Å². The third kappa shape index (κ3) is 4.12. The summed E-state index contributed by atoms with van der Waals surface area (Å²) in [5, 5.41) is 6.91. The molecule has 1 saturated carbocycles. The molecule has 3 N–H and O–H groups in total. The lowest BCUT2D eigenvalue weighted by molar-refractivity contribution is -0.137. The van der Waals surface area contributed by atoms with E-state index >= 15 is 4.39 Å². The van der Waals surface area contributed by atoms with Gasteiger partial charge in [-0.1, -0.05) is 11.6 Å². The van der Waals surface area contributed by atoms with Crippen molar-refractivity contribution < 1.29 is 40.3 Å². The molecular formula is C28H18ClF7N4O2. The zero-order valence-corrected chi connectivity index (χ0v) is 22.1. The van der Waals surface area contributed by atoms with Crippen molar-refractivity contribution in [3.05, 3.63) is 86.6 Å². The average Bonchev–Trinajstić information content (AvgIpc) is 3.40. The number of aryl methyl sites for hydroxylation is 1. The number of rotatable bonds is 4. The second kappa shape index (κ2) is 9.18. The molecule has 3 aromatic carbocycles. The van der Waals surface area contributed by atoms with Crippen molar-refractivity contribution >= 4 is 34.3 Å². The molecule has 1 aromatic heterocycles. The smallest absolute Gasteiger partial charge is 0.366 e. The summed E-state index contributed by atoms with van der Waals surface area (Å²) in [6, 6.07) is 3.72. The predicted octanol–water partition coefficient (Wildman–Crippen LogP) is 6.64. The molecule has 2 unspecified atom stereocenters. The first kappa shape index (κ1) is 28.0. The quantitative estimate of drug-likeness (QED) is 0.254. The largest absolute Gasteiger partial charge is 0.416 e. The topological polar surface area (TPSA) is 90.0 Å². The third-order valence-corrected chi connectivity index (χ3v) is 8.18. The van der Waals surface area contributed by atoms with E-state index in [9.17, 15) is 35.9 Å². The molecule has 2 aliphatic rings. The lowest BCUT2D eigenvalue weighted by atomic mass is 9.76. The van der Waals surface area contributed by atoms with E-state index in [0.717, 1.165) is 12.1 Å². The van der Waals surface area contributed by atoms with E-state index in [2.05, 4.69) is 10.4 Å². The fraction of sp³-hybridized carbons (Fsp3) is 0.250. The van der Waals surface area contributed by atoms with Crippen LogP contribution in [0.5, 0.6) is 0 Å². The van der Waals surface area contributed by atoms with Gasteiger partial charge in [-0.15, -0.1) is 0 Å². The van der Waals surface area contributed by atoms with Gasteiger partial charge in [0.15, 0.2) is 0 Å². The number of carbonyl (C=O) groups is 2. The molecule has 42 heavy (non-hydrogen) atoms. The van der Waals surface area contributed by atoms with Crippen molar-refractivity contribution in [2.75, 3.05) is 0 Å². The van der Waals surface area contributed by atoms with Crippen molar-refractivity contribution in [2.45, 2.75) is 36.9 Å². The Morgan fingerprint density at radius 2 is 1.86 bits per heavy atom. The molecular weight excluding hydrogens is 593 g/mol. The van der Waals surface area contributed by atoms with Crippen LogP contribution >= 0.6 is 11.6 Å². The van der Waals surface area contributed by atoms with Crippen LogP contribution < -0.4 is 11.1 Å². The van der Waals surface area contributed by atoms with Gasteiger partial charge in [0, 0.05) is 40.6 Å². The summed E-state index contributed by atoms with van der Waals surface area (Å²) >= 11 is 6.33. The van der Waals surface area contributed by atoms with Gasteiger partial charge in [-0.3, -0.25) is 14.3 Å². The van der Waals surface area contributed by atoms with Crippen molar-refractivity contribution in [3.8, 4) is 11.1 Å². The van der Waals surface area contributed by atoms with Gasteiger partial charge in [0.25, 0.3) is 11.8 Å². The van der Waals surface area contributed by atoms with Crippen LogP contribution in [0.2, 0.25) is 5.02 Å². The first-order valence-corrected chi connectivity index (χ1v) is 12.9. The molecule has 218 valence electrons. The fourth-order valence-electron chi connectivity index (χ4n) is 5.84. The Hall–Kier alpha value is -4.13. The zero-order valence-electron chi connectivity index (χ0n) is 21.3. The highest BCUT2D eigenvalue weighted by atomic mass is 35.5. The fourth-order valence-corrected chi connectivity index (χ4v) is 6.07. The summed E-state index contributed by atoms with van der Waals surface area (Å²) in [4.78, 5) is 25.9. The summed E-state index contributed by atoms with van der Waals surface area (Å²) in [6.45, 7) is 0. The average molecular weight is 611 g/mol. The van der Waals surface area contributed by atoms with Gasteiger partial charge in [0.1, 0.15) is 17.2 Å². The Kier molecular flexibility index (Phi) is 6.13. The number of nitrogens with zero attached hydrogens (tertiary/aromatic N) is 2. The van der Waals surface area contributed by atoms with Crippen molar-refractivity contribution in [1.29, 1.82) is 0 Å². The minimum atomic E-state index is -5.04. The van der Waals surface area contributed by atoms with Crippen LogP contribution in [0.1, 0.15) is 67.9 Å². The van der Waals surface area contributed by atoms with Crippen LogP contribution in [0.3, 0.4) is 0 Å². The normalized spacial score (nSPS) is 19.5. The predicted molar refractivity (Wildman–Crippen MR) is 137 cm³/mol. The molecule has 0 spiro atoms. The number of alkyl halides is 5. The minimum Gasteiger partial charge on any atom is -0.366 e. The second-order valence-corrected chi connectivity index (χ2v) is 10.7. The lowest BCUT2D eigenvalue weighted by Gasteiger charge is -2.36. The monoisotopic (exact) mass is 610 g/mol. The van der Waals surface area contributed by atoms with Gasteiger partial charge < -0.3 is 11.1 Å². The molecule has 6 nitrogen and oxygen atoms in total. The number of primary amides is 1. The Morgan fingerprint density at radius 1 is 1.14 bits per heavy atom. The van der Waals surface area contributed by atoms with Gasteiger partial charge in [-0.2, -0.15) is 18.3 Å². The van der Waals surface area contributed by atoms with E-state index in [4.69, 9.17) is 17.3 Å². The maximum Gasteiger partial charge on any atom is 0.416 e. The van der Waals surface area contributed by atoms with Crippen molar-refractivity contribution in [2.24, 2.45) is 12.8 Å². The molecule has 1 fully saturated rings. The third-order valence-electron chi connectivity index (χ3n) is 7.83. The van der Waals surface area contributed by atoms with Crippen LogP contribution in [-0.2, 0) is 13.2 Å². The number of nitrogens with two attached hydrogens (primary N) is 1. The highest BCUT2D eigenvalue weighted by molar-refractivity contribution is 6.31. The number of nitrogens with one attached hydrogen (secondary N) is 1. The van der Waals surface area contributed by atoms with Crippen molar-refractivity contribution in [1.82, 2.24) is 15.1 Å². The molecule has 0 radical (unpaired) electrons. The lowest BCUT2D eigenvalue weighted by Crippen LogP contribution is -2.37. The van der Waals surface area contributed by atoms with Crippen LogP contribution in [0, 0.1) is 11.6 Å². The number of amides is 2. The van der Waals surface area contributed by atoms with Gasteiger partial charge in [-0.05, 0) is 48.4 Å². The summed E-state index contributed by atoms with van der Waals surface area (Å²) in [5.74, 6) is -8.91. The first-order valence-electron chi connectivity index (χ1n) is 12.5. The molecule has 14 heteroatoms. The second-order valence-electron chi connectivity index (χ2n) is 10.3. The molecule has 4 aromatic rings. The highest BCUT2D eigenvalue weighted by Gasteiger charge is 2.51. The number of carbonyl (C=O) groups excluding carboxylic acids is 2. The van der Waals surface area contributed by atoms with E-state index in [1.54, 1.807) is 0 Å². The van der Waals surface area contributed by atoms with E-state index in [0.29, 0.717) is 6.07 Å². The van der Waals surface area contributed by atoms with Crippen molar-refractivity contribution in [3.63, 3.8) is 0 Å². The van der Waals surface area contributed by atoms with Crippen LogP contribution in [0.25, 0.3) is 22.0 Å². The maximum atomic E-state index is 15.8. The first-order chi connectivity index (χ1) is 19.6. The Balaban J connectivity index is 1.75. The number of halogens is 8. The van der Waals surface area contributed by atoms with E-state index in [1.165, 1.54) is 23.9 Å². The van der Waals surface area contributed by atoms with Crippen LogP contribution in [0.15, 0.2) is 36.4 Å². The standard InChI is InChI=1S/C28H18ClF7N4O2/c1-40-24(16-4-5-27(16,32)33)15-9-13(19-14(25(37)41)6-10(7-18(19)31)28(34,35)36)20-21(23(15)39-40)26(42)38-22(20)12-8-11(30)2-3-17(12)29/h2-3,6-9,16,22H,4-5H2,1H3,(H2,37,41)(H,38,42). The summed E-state index contributed by atoms with van der Waals surface area (Å²) < 4.78 is 101. The molecule has 2 heterocycles. The molecule has 1 aliphatic heterocycles. The Morgan fingerprint density at radius 3 is 2.45 bits per heavy atom. The SMILES string of the molecule is Cn1nc2c3c(c(-c4c(F)cc(C(F)(F)F)cc4C(N)=O)cc2c1C1CCC1(F)F)C(c1cc(F)ccc1Cl)NC3=O. The van der Waals surface area contributed by atoms with Gasteiger partial charge in [0.2, 0.25) is 5.91 Å². The van der Waals surface area contributed by atoms with Crippen LogP contribution in [-0.4, -0.2) is 27.5 Å². The number of fused-ring (bicyclic) bond motifs is 3. The number of benzene rings is 3. The Labute approximate surface area is 237 Å².